The molecule has 2 atom stereocenters. The number of carboxylic acid groups (broad SMARTS) is 1. The number of carboxylic acids is 1. The van der Waals surface area contributed by atoms with E-state index in [0.29, 0.717) is 6.42 Å². The summed E-state index contributed by atoms with van der Waals surface area (Å²) >= 11 is 0. The van der Waals surface area contributed by atoms with Gasteiger partial charge in [-0.25, -0.2) is 4.79 Å². The van der Waals surface area contributed by atoms with E-state index >= 15 is 0 Å². The van der Waals surface area contributed by atoms with Gasteiger partial charge in [-0.05, 0) is 35.1 Å². The van der Waals surface area contributed by atoms with Crippen LogP contribution in [0.25, 0.3) is 11.1 Å². The number of nitrogens with one attached hydrogen (secondary N) is 2. The van der Waals surface area contributed by atoms with Crippen LogP contribution < -0.4 is 10.6 Å². The SMILES string of the molecule is C=CCC(NC(=O)OCC1c2ccccc2-c2ccccc21)C(=O)NCC(CC)C(=O)O. The molecule has 0 saturated carbocycles. The topological polar surface area (TPSA) is 105 Å². The number of benzene rings is 2. The summed E-state index contributed by atoms with van der Waals surface area (Å²) in [6.45, 7) is 5.49. The molecule has 3 N–H and O–H groups in total. The van der Waals surface area contributed by atoms with Gasteiger partial charge in [0.2, 0.25) is 5.91 Å². The molecular weight excluding hydrogens is 408 g/mol. The minimum absolute atomic E-state index is 0.00925. The average Bonchev–Trinajstić information content (AvgIpc) is 3.11. The highest BCUT2D eigenvalue weighted by molar-refractivity contribution is 5.86. The van der Waals surface area contributed by atoms with Crippen LogP contribution in [0.5, 0.6) is 0 Å². The number of rotatable bonds is 10. The average molecular weight is 437 g/mol. The van der Waals surface area contributed by atoms with Crippen LogP contribution in [0.1, 0.15) is 36.8 Å². The molecule has 3 rings (SSSR count). The molecule has 7 heteroatoms. The van der Waals surface area contributed by atoms with Crippen molar-refractivity contribution in [3.63, 3.8) is 0 Å². The van der Waals surface area contributed by atoms with Crippen LogP contribution in [0, 0.1) is 5.92 Å². The summed E-state index contributed by atoms with van der Waals surface area (Å²) < 4.78 is 5.49. The Morgan fingerprint density at radius 1 is 1.09 bits per heavy atom. The lowest BCUT2D eigenvalue weighted by molar-refractivity contribution is -0.141. The largest absolute Gasteiger partial charge is 0.481 e. The quantitative estimate of drug-likeness (QED) is 0.493. The van der Waals surface area contributed by atoms with Gasteiger partial charge in [-0.3, -0.25) is 9.59 Å². The van der Waals surface area contributed by atoms with Crippen molar-refractivity contribution in [3.8, 4) is 11.1 Å². The molecule has 168 valence electrons. The van der Waals surface area contributed by atoms with Gasteiger partial charge in [0.15, 0.2) is 0 Å². The molecular formula is C25H28N2O5. The monoisotopic (exact) mass is 436 g/mol. The van der Waals surface area contributed by atoms with Gasteiger partial charge in [0.25, 0.3) is 0 Å². The molecule has 2 amide bonds. The molecule has 0 aliphatic heterocycles. The second-order valence-corrected chi connectivity index (χ2v) is 7.74. The fraction of sp³-hybridized carbons (Fsp3) is 0.320. The van der Waals surface area contributed by atoms with E-state index < -0.39 is 29.9 Å². The molecule has 0 aromatic heterocycles. The summed E-state index contributed by atoms with van der Waals surface area (Å²) in [4.78, 5) is 36.1. The first kappa shape index (κ1) is 23.1. The zero-order valence-electron chi connectivity index (χ0n) is 18.0. The Hall–Kier alpha value is -3.61. The van der Waals surface area contributed by atoms with Crippen molar-refractivity contribution in [2.24, 2.45) is 5.92 Å². The molecule has 2 aromatic carbocycles. The Bertz CT molecular complexity index is 958. The van der Waals surface area contributed by atoms with Gasteiger partial charge in [-0.1, -0.05) is 61.5 Å². The summed E-state index contributed by atoms with van der Waals surface area (Å²) in [6.07, 6.45) is 1.39. The molecule has 0 heterocycles. The lowest BCUT2D eigenvalue weighted by atomic mass is 9.98. The molecule has 0 radical (unpaired) electrons. The molecule has 0 saturated heterocycles. The van der Waals surface area contributed by atoms with Gasteiger partial charge < -0.3 is 20.5 Å². The van der Waals surface area contributed by atoms with Crippen molar-refractivity contribution in [2.45, 2.75) is 31.7 Å². The number of carbonyl (C=O) groups excluding carboxylic acids is 2. The van der Waals surface area contributed by atoms with Gasteiger partial charge in [0, 0.05) is 12.5 Å². The number of carbonyl (C=O) groups is 3. The van der Waals surface area contributed by atoms with Crippen LogP contribution in [-0.2, 0) is 14.3 Å². The van der Waals surface area contributed by atoms with E-state index in [4.69, 9.17) is 9.84 Å². The highest BCUT2D eigenvalue weighted by Crippen LogP contribution is 2.44. The van der Waals surface area contributed by atoms with Crippen molar-refractivity contribution in [1.82, 2.24) is 10.6 Å². The third kappa shape index (κ3) is 5.17. The number of alkyl carbamates (subject to hydrolysis) is 1. The standard InChI is InChI=1S/C25H28N2O5/c1-3-9-22(23(28)26-14-16(4-2)24(29)30)27-25(31)32-15-21-19-12-7-5-10-17(19)18-11-6-8-13-20(18)21/h3,5-8,10-13,16,21-22H,1,4,9,14-15H2,2H3,(H,26,28)(H,27,31)(H,29,30). The Labute approximate surface area is 187 Å². The Balaban J connectivity index is 1.61. The fourth-order valence-electron chi connectivity index (χ4n) is 3.93. The second kappa shape index (κ2) is 10.6. The number of hydrogen-bond donors (Lipinski definition) is 3. The molecule has 1 aliphatic rings. The van der Waals surface area contributed by atoms with E-state index in [1.54, 1.807) is 6.92 Å². The molecule has 0 bridgehead atoms. The molecule has 7 nitrogen and oxygen atoms in total. The van der Waals surface area contributed by atoms with E-state index in [-0.39, 0.29) is 25.5 Å². The van der Waals surface area contributed by atoms with Gasteiger partial charge in [-0.2, -0.15) is 0 Å². The number of ether oxygens (including phenoxy) is 1. The zero-order valence-corrected chi connectivity index (χ0v) is 18.0. The highest BCUT2D eigenvalue weighted by Gasteiger charge is 2.29. The molecule has 0 fully saturated rings. The summed E-state index contributed by atoms with van der Waals surface area (Å²) in [6, 6.07) is 15.2. The van der Waals surface area contributed by atoms with Gasteiger partial charge >= 0.3 is 12.1 Å². The third-order valence-electron chi connectivity index (χ3n) is 5.72. The third-order valence-corrected chi connectivity index (χ3v) is 5.72. The van der Waals surface area contributed by atoms with Crippen LogP contribution in [0.2, 0.25) is 0 Å². The van der Waals surface area contributed by atoms with Crippen LogP contribution in [0.15, 0.2) is 61.2 Å². The van der Waals surface area contributed by atoms with Crippen molar-refractivity contribution in [1.29, 1.82) is 0 Å². The predicted molar refractivity (Wildman–Crippen MR) is 121 cm³/mol. The maximum atomic E-state index is 12.5. The summed E-state index contributed by atoms with van der Waals surface area (Å²) in [5.41, 5.74) is 4.46. The minimum Gasteiger partial charge on any atom is -0.481 e. The first-order valence-electron chi connectivity index (χ1n) is 10.7. The maximum absolute atomic E-state index is 12.5. The lowest BCUT2D eigenvalue weighted by Gasteiger charge is -2.19. The van der Waals surface area contributed by atoms with E-state index in [0.717, 1.165) is 22.3 Å². The van der Waals surface area contributed by atoms with Crippen molar-refractivity contribution in [3.05, 3.63) is 72.3 Å². The van der Waals surface area contributed by atoms with E-state index in [1.807, 2.05) is 36.4 Å². The summed E-state index contributed by atoms with van der Waals surface area (Å²) in [7, 11) is 0. The Morgan fingerprint density at radius 3 is 2.22 bits per heavy atom. The lowest BCUT2D eigenvalue weighted by Crippen LogP contribution is -2.48. The minimum atomic E-state index is -0.974. The Morgan fingerprint density at radius 2 is 1.69 bits per heavy atom. The molecule has 1 aliphatic carbocycles. The second-order valence-electron chi connectivity index (χ2n) is 7.74. The van der Waals surface area contributed by atoms with E-state index in [1.165, 1.54) is 6.08 Å². The van der Waals surface area contributed by atoms with E-state index in [2.05, 4.69) is 29.3 Å². The summed E-state index contributed by atoms with van der Waals surface area (Å²) in [5, 5.41) is 14.3. The zero-order chi connectivity index (χ0) is 23.1. The number of hydrogen-bond acceptors (Lipinski definition) is 4. The van der Waals surface area contributed by atoms with Crippen molar-refractivity contribution in [2.75, 3.05) is 13.2 Å². The fourth-order valence-corrected chi connectivity index (χ4v) is 3.93. The number of fused-ring (bicyclic) bond motifs is 3. The smallest absolute Gasteiger partial charge is 0.407 e. The normalized spacial score (nSPS) is 13.9. The van der Waals surface area contributed by atoms with Crippen LogP contribution >= 0.6 is 0 Å². The van der Waals surface area contributed by atoms with Crippen LogP contribution in [0.4, 0.5) is 4.79 Å². The predicted octanol–water partition coefficient (Wildman–Crippen LogP) is 3.70. The van der Waals surface area contributed by atoms with E-state index in [9.17, 15) is 14.4 Å². The maximum Gasteiger partial charge on any atom is 0.407 e. The highest BCUT2D eigenvalue weighted by atomic mass is 16.5. The first-order valence-corrected chi connectivity index (χ1v) is 10.7. The van der Waals surface area contributed by atoms with Gasteiger partial charge in [0.05, 0.1) is 5.92 Å². The number of amides is 2. The van der Waals surface area contributed by atoms with Crippen molar-refractivity contribution < 1.29 is 24.2 Å². The van der Waals surface area contributed by atoms with Gasteiger partial charge in [-0.15, -0.1) is 6.58 Å². The molecule has 2 unspecified atom stereocenters. The Kier molecular flexibility index (Phi) is 7.65. The van der Waals surface area contributed by atoms with Gasteiger partial charge in [0.1, 0.15) is 12.6 Å². The molecule has 2 aromatic rings. The van der Waals surface area contributed by atoms with Crippen molar-refractivity contribution >= 4 is 18.0 Å². The first-order chi connectivity index (χ1) is 15.5. The van der Waals surface area contributed by atoms with Crippen LogP contribution in [-0.4, -0.2) is 42.3 Å². The number of aliphatic carboxylic acids is 1. The molecule has 32 heavy (non-hydrogen) atoms. The van der Waals surface area contributed by atoms with Crippen LogP contribution in [0.3, 0.4) is 0 Å². The molecule has 0 spiro atoms. The summed E-state index contributed by atoms with van der Waals surface area (Å²) in [5.74, 6) is -2.21.